The molecule has 1 heterocycles. The molecule has 1 amide bonds. The van der Waals surface area contributed by atoms with Crippen molar-refractivity contribution in [2.75, 3.05) is 13.7 Å². The summed E-state index contributed by atoms with van der Waals surface area (Å²) in [6, 6.07) is 9.21. The van der Waals surface area contributed by atoms with E-state index in [9.17, 15) is 9.59 Å². The molecular weight excluding hydrogens is 280 g/mol. The highest BCUT2D eigenvalue weighted by Gasteiger charge is 2.17. The molecule has 0 saturated heterocycles. The number of ketones is 1. The largest absolute Gasteiger partial charge is 0.497 e. The Labute approximate surface area is 129 Å². The van der Waals surface area contributed by atoms with E-state index in [0.29, 0.717) is 24.3 Å². The van der Waals surface area contributed by atoms with Gasteiger partial charge in [0.25, 0.3) is 5.91 Å². The Morgan fingerprint density at radius 1 is 1.23 bits per heavy atom. The van der Waals surface area contributed by atoms with Crippen LogP contribution in [0.5, 0.6) is 5.75 Å². The van der Waals surface area contributed by atoms with Gasteiger partial charge < -0.3 is 14.6 Å². The predicted octanol–water partition coefficient (Wildman–Crippen LogP) is 2.89. The third-order valence-electron chi connectivity index (χ3n) is 3.52. The van der Waals surface area contributed by atoms with Crippen molar-refractivity contribution >= 4 is 11.7 Å². The van der Waals surface area contributed by atoms with Crippen molar-refractivity contribution in [2.45, 2.75) is 20.4 Å². The van der Waals surface area contributed by atoms with Gasteiger partial charge >= 0.3 is 0 Å². The van der Waals surface area contributed by atoms with Gasteiger partial charge in [0.05, 0.1) is 7.11 Å². The van der Waals surface area contributed by atoms with E-state index in [1.54, 1.807) is 24.3 Å². The summed E-state index contributed by atoms with van der Waals surface area (Å²) < 4.78 is 5.12. The number of benzene rings is 1. The van der Waals surface area contributed by atoms with Crippen LogP contribution in [0.3, 0.4) is 0 Å². The van der Waals surface area contributed by atoms with E-state index in [1.807, 2.05) is 31.2 Å². The first-order chi connectivity index (χ1) is 10.5. The van der Waals surface area contributed by atoms with Crippen LogP contribution in [0.2, 0.25) is 0 Å². The number of hydrogen-bond acceptors (Lipinski definition) is 3. The van der Waals surface area contributed by atoms with E-state index in [-0.39, 0.29) is 11.7 Å². The minimum absolute atomic E-state index is 0.0616. The fraction of sp³-hybridized carbons (Fsp3) is 0.294. The smallest absolute Gasteiger partial charge is 0.270 e. The molecule has 2 rings (SSSR count). The number of aromatic amines is 1. The van der Waals surface area contributed by atoms with Crippen LogP contribution in [-0.2, 0) is 6.54 Å². The van der Waals surface area contributed by atoms with Gasteiger partial charge in [-0.1, -0.05) is 12.1 Å². The van der Waals surface area contributed by atoms with Crippen LogP contribution in [0.15, 0.2) is 36.5 Å². The fourth-order valence-corrected chi connectivity index (χ4v) is 2.17. The summed E-state index contributed by atoms with van der Waals surface area (Å²) in [7, 11) is 1.62. The lowest BCUT2D eigenvalue weighted by molar-refractivity contribution is 0.0747. The van der Waals surface area contributed by atoms with Crippen molar-refractivity contribution in [1.82, 2.24) is 9.88 Å². The molecule has 5 nitrogen and oxygen atoms in total. The molecule has 0 atom stereocenters. The average molecular weight is 300 g/mol. The molecular formula is C17H20N2O3. The van der Waals surface area contributed by atoms with Crippen LogP contribution in [-0.4, -0.2) is 35.2 Å². The Balaban J connectivity index is 2.12. The molecule has 1 N–H and O–H groups in total. The molecule has 0 aliphatic heterocycles. The fourth-order valence-electron chi connectivity index (χ4n) is 2.17. The highest BCUT2D eigenvalue weighted by molar-refractivity contribution is 5.99. The molecule has 0 saturated carbocycles. The van der Waals surface area contributed by atoms with Crippen LogP contribution >= 0.6 is 0 Å². The summed E-state index contributed by atoms with van der Waals surface area (Å²) in [6.07, 6.45) is 1.57. The Bertz CT molecular complexity index is 659. The molecule has 0 aliphatic rings. The molecule has 5 heteroatoms. The SMILES string of the molecule is CCN(Cc1ccc(OC)cc1)C(=O)c1cc(C(C)=O)c[nH]1. The summed E-state index contributed by atoms with van der Waals surface area (Å²) in [6.45, 7) is 4.50. The van der Waals surface area contributed by atoms with Crippen molar-refractivity contribution < 1.29 is 14.3 Å². The summed E-state index contributed by atoms with van der Waals surface area (Å²) in [4.78, 5) is 28.4. The van der Waals surface area contributed by atoms with E-state index in [1.165, 1.54) is 6.92 Å². The number of amides is 1. The minimum atomic E-state index is -0.120. The Morgan fingerprint density at radius 2 is 1.91 bits per heavy atom. The maximum absolute atomic E-state index is 12.5. The van der Waals surface area contributed by atoms with E-state index in [0.717, 1.165) is 11.3 Å². The van der Waals surface area contributed by atoms with Crippen LogP contribution in [0.25, 0.3) is 0 Å². The third-order valence-corrected chi connectivity index (χ3v) is 3.52. The minimum Gasteiger partial charge on any atom is -0.497 e. The maximum Gasteiger partial charge on any atom is 0.270 e. The number of carbonyl (C=O) groups is 2. The second-order valence-electron chi connectivity index (χ2n) is 5.03. The number of carbonyl (C=O) groups excluding carboxylic acids is 2. The zero-order valence-electron chi connectivity index (χ0n) is 13.1. The van der Waals surface area contributed by atoms with Crippen molar-refractivity contribution in [3.63, 3.8) is 0 Å². The standard InChI is InChI=1S/C17H20N2O3/c1-4-19(11-13-5-7-15(22-3)8-6-13)17(21)16-9-14(10-18-16)12(2)20/h5-10,18H,4,11H2,1-3H3. The molecule has 0 radical (unpaired) electrons. The predicted molar refractivity (Wildman–Crippen MR) is 84.2 cm³/mol. The number of rotatable bonds is 6. The van der Waals surface area contributed by atoms with Crippen molar-refractivity contribution in [3.8, 4) is 5.75 Å². The molecule has 0 unspecified atom stereocenters. The topological polar surface area (TPSA) is 62.4 Å². The quantitative estimate of drug-likeness (QED) is 0.834. The van der Waals surface area contributed by atoms with Crippen molar-refractivity contribution in [1.29, 1.82) is 0 Å². The van der Waals surface area contributed by atoms with Crippen molar-refractivity contribution in [3.05, 3.63) is 53.3 Å². The lowest BCUT2D eigenvalue weighted by Gasteiger charge is -2.20. The van der Waals surface area contributed by atoms with Crippen LogP contribution in [0.4, 0.5) is 0 Å². The molecule has 116 valence electrons. The van der Waals surface area contributed by atoms with Crippen molar-refractivity contribution in [2.24, 2.45) is 0 Å². The zero-order chi connectivity index (χ0) is 16.1. The summed E-state index contributed by atoms with van der Waals surface area (Å²) in [5.74, 6) is 0.605. The second-order valence-corrected chi connectivity index (χ2v) is 5.03. The average Bonchev–Trinajstić information content (AvgIpc) is 3.02. The van der Waals surface area contributed by atoms with Crippen LogP contribution in [0, 0.1) is 0 Å². The van der Waals surface area contributed by atoms with E-state index in [2.05, 4.69) is 4.98 Å². The number of ether oxygens (including phenoxy) is 1. The van der Waals surface area contributed by atoms with Gasteiger partial charge in [-0.05, 0) is 37.6 Å². The number of nitrogens with one attached hydrogen (secondary N) is 1. The number of H-pyrrole nitrogens is 1. The maximum atomic E-state index is 12.5. The Kier molecular flexibility index (Phi) is 4.99. The molecule has 0 fully saturated rings. The van der Waals surface area contributed by atoms with Gasteiger partial charge in [0.15, 0.2) is 5.78 Å². The summed E-state index contributed by atoms with van der Waals surface area (Å²) in [5, 5.41) is 0. The third kappa shape index (κ3) is 3.55. The monoisotopic (exact) mass is 300 g/mol. The molecule has 0 aliphatic carbocycles. The Hall–Kier alpha value is -2.56. The van der Waals surface area contributed by atoms with Gasteiger partial charge in [0.2, 0.25) is 0 Å². The van der Waals surface area contributed by atoms with Gasteiger partial charge in [-0.15, -0.1) is 0 Å². The number of nitrogens with zero attached hydrogens (tertiary/aromatic N) is 1. The molecule has 22 heavy (non-hydrogen) atoms. The highest BCUT2D eigenvalue weighted by atomic mass is 16.5. The molecule has 1 aromatic heterocycles. The lowest BCUT2D eigenvalue weighted by atomic mass is 10.2. The van der Waals surface area contributed by atoms with Gasteiger partial charge in [0.1, 0.15) is 11.4 Å². The van der Waals surface area contributed by atoms with Crippen LogP contribution in [0.1, 0.15) is 40.3 Å². The second kappa shape index (κ2) is 6.93. The summed E-state index contributed by atoms with van der Waals surface area (Å²) >= 11 is 0. The number of hydrogen-bond donors (Lipinski definition) is 1. The molecule has 0 bridgehead atoms. The van der Waals surface area contributed by atoms with Gasteiger partial charge in [-0.25, -0.2) is 0 Å². The van der Waals surface area contributed by atoms with E-state index in [4.69, 9.17) is 4.74 Å². The first-order valence-corrected chi connectivity index (χ1v) is 7.16. The van der Waals surface area contributed by atoms with Crippen LogP contribution < -0.4 is 4.74 Å². The Morgan fingerprint density at radius 3 is 2.41 bits per heavy atom. The molecule has 1 aromatic carbocycles. The number of methoxy groups -OCH3 is 1. The first kappa shape index (κ1) is 15.8. The lowest BCUT2D eigenvalue weighted by Crippen LogP contribution is -2.30. The van der Waals surface area contributed by atoms with Gasteiger partial charge in [-0.2, -0.15) is 0 Å². The van der Waals surface area contributed by atoms with E-state index < -0.39 is 0 Å². The van der Waals surface area contributed by atoms with Gasteiger partial charge in [0, 0.05) is 24.8 Å². The summed E-state index contributed by atoms with van der Waals surface area (Å²) in [5.41, 5.74) is 1.97. The van der Waals surface area contributed by atoms with E-state index >= 15 is 0 Å². The zero-order valence-corrected chi connectivity index (χ0v) is 13.1. The number of aromatic nitrogens is 1. The van der Waals surface area contributed by atoms with Gasteiger partial charge in [-0.3, -0.25) is 9.59 Å². The molecule has 2 aromatic rings. The normalized spacial score (nSPS) is 10.3. The first-order valence-electron chi connectivity index (χ1n) is 7.16. The highest BCUT2D eigenvalue weighted by Crippen LogP contribution is 2.15. The number of Topliss-reactive ketones (excluding diaryl/α,β-unsaturated/α-hetero) is 1. The molecule has 0 spiro atoms.